The Morgan fingerprint density at radius 1 is 1.40 bits per heavy atom. The molecule has 0 amide bonds. The van der Waals surface area contributed by atoms with Crippen molar-refractivity contribution < 1.29 is 0 Å². The normalized spacial score (nSPS) is 13.3. The summed E-state index contributed by atoms with van der Waals surface area (Å²) in [4.78, 5) is 3.35. The van der Waals surface area contributed by atoms with Crippen LogP contribution in [0.15, 0.2) is 28.9 Å². The number of aromatic nitrogens is 1. The summed E-state index contributed by atoms with van der Waals surface area (Å²) >= 11 is 3.57. The molecule has 1 unspecified atom stereocenters. The van der Waals surface area contributed by atoms with E-state index in [-0.39, 0.29) is 0 Å². The Balaban J connectivity index is 2.49. The van der Waals surface area contributed by atoms with Crippen LogP contribution in [0.5, 0.6) is 0 Å². The van der Waals surface area contributed by atoms with Crippen molar-refractivity contribution in [1.82, 2.24) is 4.98 Å². The first kappa shape index (κ1) is 10.7. The molecular formula is C13H16BrN. The zero-order chi connectivity index (χ0) is 10.8. The molecule has 0 fully saturated rings. The van der Waals surface area contributed by atoms with Crippen molar-refractivity contribution in [2.45, 2.75) is 32.6 Å². The topological polar surface area (TPSA) is 15.8 Å². The lowest BCUT2D eigenvalue weighted by atomic mass is 9.96. The maximum absolute atomic E-state index is 3.57. The van der Waals surface area contributed by atoms with E-state index in [0.29, 0.717) is 5.92 Å². The number of nitrogens with one attached hydrogen (secondary N) is 1. The molecule has 2 aromatic rings. The molecule has 0 aliphatic carbocycles. The Hall–Kier alpha value is -0.760. The fourth-order valence-corrected chi connectivity index (χ4v) is 2.62. The van der Waals surface area contributed by atoms with Crippen LogP contribution in [0.25, 0.3) is 10.9 Å². The van der Waals surface area contributed by atoms with Gasteiger partial charge in [0, 0.05) is 16.1 Å². The molecule has 1 aromatic heterocycles. The second kappa shape index (κ2) is 4.40. The first-order valence-electron chi connectivity index (χ1n) is 5.49. The van der Waals surface area contributed by atoms with Gasteiger partial charge in [0.2, 0.25) is 0 Å². The number of H-pyrrole nitrogens is 1. The summed E-state index contributed by atoms with van der Waals surface area (Å²) in [6.07, 6.45) is 4.64. The molecule has 0 aliphatic rings. The largest absolute Gasteiger partial charge is 0.360 e. The monoisotopic (exact) mass is 265 g/mol. The Kier molecular flexibility index (Phi) is 3.15. The van der Waals surface area contributed by atoms with E-state index in [0.717, 1.165) is 4.47 Å². The van der Waals surface area contributed by atoms with Crippen molar-refractivity contribution in [2.75, 3.05) is 0 Å². The molecule has 80 valence electrons. The lowest BCUT2D eigenvalue weighted by molar-refractivity contribution is 0.669. The predicted octanol–water partition coefficient (Wildman–Crippen LogP) is 4.83. The van der Waals surface area contributed by atoms with E-state index in [1.807, 2.05) is 0 Å². The summed E-state index contributed by atoms with van der Waals surface area (Å²) in [6, 6.07) is 6.37. The number of aromatic amines is 1. The summed E-state index contributed by atoms with van der Waals surface area (Å²) in [5.74, 6) is 0.637. The highest BCUT2D eigenvalue weighted by molar-refractivity contribution is 9.10. The standard InChI is InChI=1S/C13H16BrN/c1-3-5-9(2)11-8-15-13-10(11)6-4-7-12(13)14/h4,6-9,15H,3,5H2,1-2H3. The van der Waals surface area contributed by atoms with Crippen LogP contribution in [0.1, 0.15) is 38.2 Å². The average molecular weight is 266 g/mol. The van der Waals surface area contributed by atoms with Crippen LogP contribution in [0, 0.1) is 0 Å². The van der Waals surface area contributed by atoms with E-state index in [1.165, 1.54) is 29.3 Å². The molecule has 0 saturated carbocycles. The molecule has 2 heteroatoms. The molecule has 0 bridgehead atoms. The molecule has 1 aromatic carbocycles. The van der Waals surface area contributed by atoms with Gasteiger partial charge < -0.3 is 4.98 Å². The quantitative estimate of drug-likeness (QED) is 0.818. The van der Waals surface area contributed by atoms with Crippen molar-refractivity contribution in [3.8, 4) is 0 Å². The second-order valence-electron chi connectivity index (χ2n) is 4.10. The van der Waals surface area contributed by atoms with Crippen LogP contribution in [0.2, 0.25) is 0 Å². The molecule has 1 atom stereocenters. The van der Waals surface area contributed by atoms with Crippen molar-refractivity contribution in [2.24, 2.45) is 0 Å². The SMILES string of the molecule is CCCC(C)c1c[nH]c2c(Br)cccc12. The third kappa shape index (κ3) is 1.96. The third-order valence-electron chi connectivity index (χ3n) is 2.95. The smallest absolute Gasteiger partial charge is 0.0601 e. The van der Waals surface area contributed by atoms with E-state index in [9.17, 15) is 0 Å². The predicted molar refractivity (Wildman–Crippen MR) is 69.3 cm³/mol. The van der Waals surface area contributed by atoms with E-state index in [2.05, 4.69) is 59.2 Å². The lowest BCUT2D eigenvalue weighted by Gasteiger charge is -2.08. The Bertz CT molecular complexity index is 459. The Morgan fingerprint density at radius 3 is 2.93 bits per heavy atom. The summed E-state index contributed by atoms with van der Waals surface area (Å²) in [5, 5.41) is 1.35. The van der Waals surface area contributed by atoms with Gasteiger partial charge in [0.15, 0.2) is 0 Å². The fraction of sp³-hybridized carbons (Fsp3) is 0.385. The molecule has 1 nitrogen and oxygen atoms in total. The van der Waals surface area contributed by atoms with E-state index in [1.54, 1.807) is 0 Å². The first-order chi connectivity index (χ1) is 7.24. The van der Waals surface area contributed by atoms with Gasteiger partial charge in [-0.15, -0.1) is 0 Å². The molecule has 1 heterocycles. The first-order valence-corrected chi connectivity index (χ1v) is 6.28. The van der Waals surface area contributed by atoms with Crippen molar-refractivity contribution >= 4 is 26.8 Å². The van der Waals surface area contributed by atoms with Gasteiger partial charge in [-0.3, -0.25) is 0 Å². The molecule has 0 aliphatic heterocycles. The molecular weight excluding hydrogens is 250 g/mol. The summed E-state index contributed by atoms with van der Waals surface area (Å²) in [6.45, 7) is 4.54. The summed E-state index contributed by atoms with van der Waals surface area (Å²) < 4.78 is 1.15. The highest BCUT2D eigenvalue weighted by atomic mass is 79.9. The van der Waals surface area contributed by atoms with Gasteiger partial charge in [0.1, 0.15) is 0 Å². The number of fused-ring (bicyclic) bond motifs is 1. The minimum absolute atomic E-state index is 0.637. The lowest BCUT2D eigenvalue weighted by Crippen LogP contribution is -1.90. The van der Waals surface area contributed by atoms with Gasteiger partial charge in [-0.2, -0.15) is 0 Å². The Morgan fingerprint density at radius 2 is 2.20 bits per heavy atom. The summed E-state index contributed by atoms with van der Waals surface area (Å²) in [5.41, 5.74) is 2.66. The van der Waals surface area contributed by atoms with Gasteiger partial charge in [-0.05, 0) is 39.9 Å². The maximum atomic E-state index is 3.57. The maximum Gasteiger partial charge on any atom is 0.0601 e. The van der Waals surface area contributed by atoms with E-state index < -0.39 is 0 Å². The van der Waals surface area contributed by atoms with Gasteiger partial charge in [0.05, 0.1) is 5.52 Å². The van der Waals surface area contributed by atoms with Gasteiger partial charge in [-0.25, -0.2) is 0 Å². The molecule has 0 saturated heterocycles. The van der Waals surface area contributed by atoms with Crippen LogP contribution in [-0.4, -0.2) is 4.98 Å². The number of rotatable bonds is 3. The molecule has 2 rings (SSSR count). The highest BCUT2D eigenvalue weighted by Crippen LogP contribution is 2.31. The van der Waals surface area contributed by atoms with Crippen LogP contribution in [0.3, 0.4) is 0 Å². The zero-order valence-corrected chi connectivity index (χ0v) is 10.8. The number of hydrogen-bond donors (Lipinski definition) is 1. The third-order valence-corrected chi connectivity index (χ3v) is 3.61. The Labute approximate surface area is 99.0 Å². The molecule has 0 radical (unpaired) electrons. The van der Waals surface area contributed by atoms with Crippen molar-refractivity contribution in [1.29, 1.82) is 0 Å². The van der Waals surface area contributed by atoms with E-state index in [4.69, 9.17) is 0 Å². The van der Waals surface area contributed by atoms with Crippen molar-refractivity contribution in [3.63, 3.8) is 0 Å². The van der Waals surface area contributed by atoms with Gasteiger partial charge >= 0.3 is 0 Å². The van der Waals surface area contributed by atoms with Crippen LogP contribution < -0.4 is 0 Å². The minimum Gasteiger partial charge on any atom is -0.360 e. The second-order valence-corrected chi connectivity index (χ2v) is 4.95. The molecule has 1 N–H and O–H groups in total. The number of halogens is 1. The minimum atomic E-state index is 0.637. The molecule has 15 heavy (non-hydrogen) atoms. The zero-order valence-electron chi connectivity index (χ0n) is 9.18. The van der Waals surface area contributed by atoms with E-state index >= 15 is 0 Å². The van der Waals surface area contributed by atoms with Crippen molar-refractivity contribution in [3.05, 3.63) is 34.4 Å². The fourth-order valence-electron chi connectivity index (χ4n) is 2.14. The van der Waals surface area contributed by atoms with Gasteiger partial charge in [-0.1, -0.05) is 32.4 Å². The number of benzene rings is 1. The van der Waals surface area contributed by atoms with Gasteiger partial charge in [0.25, 0.3) is 0 Å². The molecule has 0 spiro atoms. The number of hydrogen-bond acceptors (Lipinski definition) is 0. The van der Waals surface area contributed by atoms with Crippen LogP contribution >= 0.6 is 15.9 Å². The highest BCUT2D eigenvalue weighted by Gasteiger charge is 2.11. The van der Waals surface area contributed by atoms with Crippen LogP contribution in [-0.2, 0) is 0 Å². The number of para-hydroxylation sites is 1. The average Bonchev–Trinajstić information content (AvgIpc) is 2.63. The summed E-state index contributed by atoms with van der Waals surface area (Å²) in [7, 11) is 0. The van der Waals surface area contributed by atoms with Crippen LogP contribution in [0.4, 0.5) is 0 Å².